The summed E-state index contributed by atoms with van der Waals surface area (Å²) in [6.07, 6.45) is 0.997. The van der Waals surface area contributed by atoms with E-state index < -0.39 is 12.1 Å². The molecular weight excluding hydrogens is 314 g/mol. The van der Waals surface area contributed by atoms with Gasteiger partial charge in [-0.15, -0.1) is 0 Å². The topological polar surface area (TPSA) is 61.4 Å². The van der Waals surface area contributed by atoms with E-state index in [1.165, 1.54) is 12.6 Å². The maximum Gasteiger partial charge on any atom is 0.321 e. The minimum Gasteiger partial charge on any atom is -0.341 e. The maximum atomic E-state index is 12.6. The Morgan fingerprint density at radius 3 is 2.16 bits per heavy atom. The number of imide groups is 1. The summed E-state index contributed by atoms with van der Waals surface area (Å²) < 4.78 is 0. The first kappa shape index (κ1) is 18.7. The average Bonchev–Trinajstić information content (AvgIpc) is 2.63. The van der Waals surface area contributed by atoms with E-state index in [2.05, 4.69) is 41.8 Å². The zero-order valence-corrected chi connectivity index (χ0v) is 15.0. The lowest BCUT2D eigenvalue weighted by Gasteiger charge is -2.27. The fourth-order valence-corrected chi connectivity index (χ4v) is 2.74. The second kappa shape index (κ2) is 8.99. The molecule has 2 rings (SSSR count). The van der Waals surface area contributed by atoms with E-state index in [9.17, 15) is 9.59 Å². The number of hydrogen-bond acceptors (Lipinski definition) is 3. The van der Waals surface area contributed by atoms with Crippen molar-refractivity contribution in [2.75, 3.05) is 14.1 Å². The first-order valence-electron chi connectivity index (χ1n) is 8.40. The Labute approximate surface area is 149 Å². The molecule has 2 aromatic carbocycles. The van der Waals surface area contributed by atoms with Gasteiger partial charge in [0.2, 0.25) is 5.91 Å². The van der Waals surface area contributed by atoms with Crippen molar-refractivity contribution in [2.24, 2.45) is 0 Å². The zero-order valence-electron chi connectivity index (χ0n) is 15.0. The molecule has 5 heteroatoms. The van der Waals surface area contributed by atoms with E-state index in [0.29, 0.717) is 6.54 Å². The first-order valence-corrected chi connectivity index (χ1v) is 8.40. The van der Waals surface area contributed by atoms with Crippen molar-refractivity contribution < 1.29 is 9.59 Å². The average molecular weight is 339 g/mol. The Morgan fingerprint density at radius 2 is 1.60 bits per heavy atom. The Morgan fingerprint density at radius 1 is 1.00 bits per heavy atom. The number of nitrogens with one attached hydrogen (secondary N) is 2. The van der Waals surface area contributed by atoms with Gasteiger partial charge in [0.25, 0.3) is 0 Å². The van der Waals surface area contributed by atoms with E-state index in [0.717, 1.165) is 17.5 Å². The van der Waals surface area contributed by atoms with Crippen LogP contribution in [-0.2, 0) is 17.8 Å². The minimum absolute atomic E-state index is 0.349. The van der Waals surface area contributed by atoms with Crippen LogP contribution in [-0.4, -0.2) is 30.9 Å². The highest BCUT2D eigenvalue weighted by atomic mass is 16.2. The molecule has 0 spiro atoms. The lowest BCUT2D eigenvalue weighted by atomic mass is 10.0. The molecule has 0 fully saturated rings. The van der Waals surface area contributed by atoms with Gasteiger partial charge in [-0.25, -0.2) is 4.79 Å². The van der Waals surface area contributed by atoms with Gasteiger partial charge in [-0.3, -0.25) is 15.0 Å². The summed E-state index contributed by atoms with van der Waals surface area (Å²) in [5, 5.41) is 4.80. The van der Waals surface area contributed by atoms with Gasteiger partial charge >= 0.3 is 6.03 Å². The molecule has 0 heterocycles. The van der Waals surface area contributed by atoms with Gasteiger partial charge in [0.1, 0.15) is 6.04 Å². The normalized spacial score (nSPS) is 11.8. The third kappa shape index (κ3) is 5.16. The van der Waals surface area contributed by atoms with Crippen LogP contribution in [0.4, 0.5) is 4.79 Å². The molecule has 3 amide bonds. The number of rotatable bonds is 6. The summed E-state index contributed by atoms with van der Waals surface area (Å²) >= 11 is 0. The quantitative estimate of drug-likeness (QED) is 0.851. The van der Waals surface area contributed by atoms with Crippen molar-refractivity contribution in [3.8, 4) is 0 Å². The molecule has 132 valence electrons. The molecule has 0 aliphatic heterocycles. The lowest BCUT2D eigenvalue weighted by Crippen LogP contribution is -2.44. The van der Waals surface area contributed by atoms with Crippen molar-refractivity contribution in [1.29, 1.82) is 0 Å². The van der Waals surface area contributed by atoms with Crippen molar-refractivity contribution in [1.82, 2.24) is 15.5 Å². The molecule has 1 atom stereocenters. The van der Waals surface area contributed by atoms with Crippen LogP contribution in [0, 0.1) is 0 Å². The van der Waals surface area contributed by atoms with Crippen LogP contribution in [0.15, 0.2) is 54.6 Å². The first-order chi connectivity index (χ1) is 12.0. The van der Waals surface area contributed by atoms with Crippen molar-refractivity contribution in [2.45, 2.75) is 25.9 Å². The predicted molar refractivity (Wildman–Crippen MR) is 99.1 cm³/mol. The molecule has 0 saturated heterocycles. The summed E-state index contributed by atoms with van der Waals surface area (Å²) in [5.41, 5.74) is 3.24. The van der Waals surface area contributed by atoms with Crippen LogP contribution in [0.3, 0.4) is 0 Å². The van der Waals surface area contributed by atoms with Crippen molar-refractivity contribution >= 4 is 11.9 Å². The molecule has 0 aliphatic rings. The second-order valence-corrected chi connectivity index (χ2v) is 5.97. The van der Waals surface area contributed by atoms with Gasteiger partial charge in [0, 0.05) is 13.6 Å². The van der Waals surface area contributed by atoms with Gasteiger partial charge in [-0.2, -0.15) is 0 Å². The molecular formula is C20H25N3O2. The van der Waals surface area contributed by atoms with Crippen LogP contribution in [0.25, 0.3) is 0 Å². The molecule has 2 aromatic rings. The fourth-order valence-electron chi connectivity index (χ4n) is 2.74. The summed E-state index contributed by atoms with van der Waals surface area (Å²) in [6.45, 7) is 2.72. The number of urea groups is 1. The highest BCUT2D eigenvalue weighted by Gasteiger charge is 2.26. The van der Waals surface area contributed by atoms with Gasteiger partial charge in [0.05, 0.1) is 0 Å². The maximum absolute atomic E-state index is 12.6. The molecule has 0 bridgehead atoms. The van der Waals surface area contributed by atoms with Gasteiger partial charge < -0.3 is 5.32 Å². The number of carbonyl (C=O) groups excluding carboxylic acids is 2. The Kier molecular flexibility index (Phi) is 6.71. The number of carbonyl (C=O) groups is 2. The minimum atomic E-state index is -0.552. The fraction of sp³-hybridized carbons (Fsp3) is 0.300. The Hall–Kier alpha value is -2.66. The van der Waals surface area contributed by atoms with Crippen LogP contribution in [0.5, 0.6) is 0 Å². The number of amides is 3. The smallest absolute Gasteiger partial charge is 0.321 e. The van der Waals surface area contributed by atoms with Crippen molar-refractivity contribution in [3.63, 3.8) is 0 Å². The van der Waals surface area contributed by atoms with E-state index in [-0.39, 0.29) is 5.91 Å². The van der Waals surface area contributed by atoms with Gasteiger partial charge in [-0.05, 0) is 30.2 Å². The molecule has 5 nitrogen and oxygen atoms in total. The van der Waals surface area contributed by atoms with Crippen LogP contribution < -0.4 is 10.6 Å². The second-order valence-electron chi connectivity index (χ2n) is 5.97. The van der Waals surface area contributed by atoms with Crippen molar-refractivity contribution in [3.05, 3.63) is 71.3 Å². The third-order valence-electron chi connectivity index (χ3n) is 4.13. The molecule has 0 aromatic heterocycles. The summed E-state index contributed by atoms with van der Waals surface area (Å²) in [7, 11) is 3.37. The van der Waals surface area contributed by atoms with E-state index in [4.69, 9.17) is 0 Å². The molecule has 2 N–H and O–H groups in total. The monoisotopic (exact) mass is 339 g/mol. The van der Waals surface area contributed by atoms with E-state index in [1.54, 1.807) is 0 Å². The number of hydrogen-bond donors (Lipinski definition) is 2. The van der Waals surface area contributed by atoms with Crippen LogP contribution in [0.1, 0.15) is 29.7 Å². The summed E-state index contributed by atoms with van der Waals surface area (Å²) in [4.78, 5) is 26.1. The summed E-state index contributed by atoms with van der Waals surface area (Å²) in [6, 6.07) is 16.8. The largest absolute Gasteiger partial charge is 0.341 e. The number of likely N-dealkylation sites (N-methyl/N-ethyl adjacent to an activating group) is 1. The molecule has 0 aliphatic carbocycles. The van der Waals surface area contributed by atoms with E-state index >= 15 is 0 Å². The SMILES string of the molecule is CCc1ccc(CN(C)[C@H](C(=O)NC(=O)NC)c2ccccc2)cc1. The number of nitrogens with zero attached hydrogens (tertiary/aromatic N) is 1. The summed E-state index contributed by atoms with van der Waals surface area (Å²) in [5.74, 6) is -0.349. The highest BCUT2D eigenvalue weighted by molar-refractivity contribution is 5.97. The Bertz CT molecular complexity index is 699. The van der Waals surface area contributed by atoms with Gasteiger partial charge in [-0.1, -0.05) is 61.5 Å². The number of benzene rings is 2. The zero-order chi connectivity index (χ0) is 18.2. The lowest BCUT2D eigenvalue weighted by molar-refractivity contribution is -0.125. The molecule has 0 radical (unpaired) electrons. The number of aryl methyl sites for hydroxylation is 1. The standard InChI is InChI=1S/C20H25N3O2/c1-4-15-10-12-16(13-11-15)14-23(3)18(17-8-6-5-7-9-17)19(24)22-20(25)21-2/h5-13,18H,4,14H2,1-3H3,(H2,21,22,24,25)/t18-/m0/s1. The van der Waals surface area contributed by atoms with Gasteiger partial charge in [0.15, 0.2) is 0 Å². The van der Waals surface area contributed by atoms with E-state index in [1.807, 2.05) is 42.3 Å². The Balaban J connectivity index is 2.21. The highest BCUT2D eigenvalue weighted by Crippen LogP contribution is 2.22. The molecule has 0 unspecified atom stereocenters. The predicted octanol–water partition coefficient (Wildman–Crippen LogP) is 2.88. The molecule has 0 saturated carbocycles. The third-order valence-corrected chi connectivity index (χ3v) is 4.13. The van der Waals surface area contributed by atoms with Crippen LogP contribution >= 0.6 is 0 Å². The van der Waals surface area contributed by atoms with Crippen LogP contribution in [0.2, 0.25) is 0 Å². The molecule has 25 heavy (non-hydrogen) atoms.